The van der Waals surface area contributed by atoms with Crippen LogP contribution in [0.1, 0.15) is 49.9 Å². The molecule has 23 heavy (non-hydrogen) atoms. The van der Waals surface area contributed by atoms with Crippen molar-refractivity contribution in [2.24, 2.45) is 0 Å². The van der Waals surface area contributed by atoms with E-state index in [1.165, 1.54) is 37.8 Å². The summed E-state index contributed by atoms with van der Waals surface area (Å²) in [7, 11) is 0. The number of aliphatic hydroxyl groups is 1. The van der Waals surface area contributed by atoms with Gasteiger partial charge >= 0.3 is 0 Å². The predicted octanol–water partition coefficient (Wildman–Crippen LogP) is 2.59. The number of pyridine rings is 1. The van der Waals surface area contributed by atoms with Gasteiger partial charge in [0, 0.05) is 50.6 Å². The first kappa shape index (κ1) is 16.9. The molecule has 1 aromatic heterocycles. The van der Waals surface area contributed by atoms with Crippen LogP contribution in [0.15, 0.2) is 18.2 Å². The molecule has 1 unspecified atom stereocenters. The van der Waals surface area contributed by atoms with E-state index in [-0.39, 0.29) is 0 Å². The van der Waals surface area contributed by atoms with Crippen LogP contribution in [0.5, 0.6) is 0 Å². The largest absolute Gasteiger partial charge is 0.396 e. The molecular weight excluding hydrogens is 286 g/mol. The van der Waals surface area contributed by atoms with Crippen molar-refractivity contribution in [3.05, 3.63) is 29.6 Å². The summed E-state index contributed by atoms with van der Waals surface area (Å²) in [6.07, 6.45) is 7.75. The average Bonchev–Trinajstić information content (AvgIpc) is 2.56. The van der Waals surface area contributed by atoms with Crippen LogP contribution < -0.4 is 0 Å². The molecule has 1 atom stereocenters. The number of piperazine rings is 1. The molecule has 0 amide bonds. The van der Waals surface area contributed by atoms with Crippen molar-refractivity contribution < 1.29 is 5.11 Å². The Labute approximate surface area is 140 Å². The zero-order chi connectivity index (χ0) is 16.1. The number of nitrogens with zero attached hydrogens (tertiary/aromatic N) is 3. The van der Waals surface area contributed by atoms with Gasteiger partial charge in [0.05, 0.1) is 5.69 Å². The molecule has 0 bridgehead atoms. The van der Waals surface area contributed by atoms with E-state index in [9.17, 15) is 5.11 Å². The highest BCUT2D eigenvalue weighted by atomic mass is 16.3. The second-order valence-corrected chi connectivity index (χ2v) is 7.20. The summed E-state index contributed by atoms with van der Waals surface area (Å²) < 4.78 is 0. The summed E-state index contributed by atoms with van der Waals surface area (Å²) >= 11 is 0. The SMILES string of the molecule is Cc1cccc(CN2CCN(C3CCCCC3)C(CCO)C2)n1. The predicted molar refractivity (Wildman–Crippen MR) is 93.3 cm³/mol. The van der Waals surface area contributed by atoms with Crippen molar-refractivity contribution in [2.45, 2.75) is 64.1 Å². The fraction of sp³-hybridized carbons (Fsp3) is 0.737. The maximum atomic E-state index is 9.49. The summed E-state index contributed by atoms with van der Waals surface area (Å²) in [5.41, 5.74) is 2.26. The fourth-order valence-electron chi connectivity index (χ4n) is 4.29. The third-order valence-electron chi connectivity index (χ3n) is 5.45. The molecule has 1 aliphatic carbocycles. The Morgan fingerprint density at radius 1 is 1.17 bits per heavy atom. The Bertz CT molecular complexity index is 487. The highest BCUT2D eigenvalue weighted by Crippen LogP contribution is 2.27. The first-order chi connectivity index (χ1) is 11.3. The molecule has 4 nitrogen and oxygen atoms in total. The summed E-state index contributed by atoms with van der Waals surface area (Å²) in [4.78, 5) is 9.86. The van der Waals surface area contributed by atoms with Crippen molar-refractivity contribution in [1.29, 1.82) is 0 Å². The van der Waals surface area contributed by atoms with Crippen LogP contribution in [-0.4, -0.2) is 58.2 Å². The second kappa shape index (κ2) is 8.22. The number of aliphatic hydroxyl groups excluding tert-OH is 1. The molecule has 1 aromatic rings. The average molecular weight is 317 g/mol. The van der Waals surface area contributed by atoms with Gasteiger partial charge in [0.2, 0.25) is 0 Å². The van der Waals surface area contributed by atoms with Crippen molar-refractivity contribution in [3.63, 3.8) is 0 Å². The van der Waals surface area contributed by atoms with E-state index in [1.807, 2.05) is 0 Å². The third kappa shape index (κ3) is 4.52. The van der Waals surface area contributed by atoms with Gasteiger partial charge in [-0.15, -0.1) is 0 Å². The van der Waals surface area contributed by atoms with E-state index in [0.717, 1.165) is 44.3 Å². The molecule has 0 aromatic carbocycles. The summed E-state index contributed by atoms with van der Waals surface area (Å²) in [6.45, 7) is 6.60. The number of aryl methyl sites for hydroxylation is 1. The topological polar surface area (TPSA) is 39.6 Å². The van der Waals surface area contributed by atoms with Crippen LogP contribution >= 0.6 is 0 Å². The molecule has 1 saturated heterocycles. The Hall–Kier alpha value is -0.970. The van der Waals surface area contributed by atoms with Crippen LogP contribution in [0.4, 0.5) is 0 Å². The standard InChI is InChI=1S/C19H31N3O/c1-16-6-5-7-17(20-16)14-21-11-12-22(19(15-21)10-13-23)18-8-3-2-4-9-18/h5-7,18-19,23H,2-4,8-15H2,1H3. The lowest BCUT2D eigenvalue weighted by Crippen LogP contribution is -2.56. The van der Waals surface area contributed by atoms with Crippen molar-refractivity contribution >= 4 is 0 Å². The van der Waals surface area contributed by atoms with Gasteiger partial charge in [-0.25, -0.2) is 0 Å². The molecule has 2 heterocycles. The lowest BCUT2D eigenvalue weighted by atomic mass is 9.92. The highest BCUT2D eigenvalue weighted by Gasteiger charge is 2.32. The molecule has 1 saturated carbocycles. The number of hydrogen-bond donors (Lipinski definition) is 1. The second-order valence-electron chi connectivity index (χ2n) is 7.20. The fourth-order valence-corrected chi connectivity index (χ4v) is 4.29. The van der Waals surface area contributed by atoms with Gasteiger partial charge in [-0.2, -0.15) is 0 Å². The number of rotatable bonds is 5. The van der Waals surface area contributed by atoms with Gasteiger partial charge in [0.15, 0.2) is 0 Å². The zero-order valence-corrected chi connectivity index (χ0v) is 14.5. The molecule has 0 radical (unpaired) electrons. The Morgan fingerprint density at radius 2 is 2.00 bits per heavy atom. The monoisotopic (exact) mass is 317 g/mol. The Balaban J connectivity index is 1.61. The van der Waals surface area contributed by atoms with E-state index < -0.39 is 0 Å². The van der Waals surface area contributed by atoms with Gasteiger partial charge in [-0.3, -0.25) is 14.8 Å². The minimum Gasteiger partial charge on any atom is -0.396 e. The smallest absolute Gasteiger partial charge is 0.0547 e. The van der Waals surface area contributed by atoms with Crippen molar-refractivity contribution in [3.8, 4) is 0 Å². The van der Waals surface area contributed by atoms with Crippen molar-refractivity contribution in [1.82, 2.24) is 14.8 Å². The number of hydrogen-bond acceptors (Lipinski definition) is 4. The van der Waals surface area contributed by atoms with E-state index in [2.05, 4.69) is 39.9 Å². The normalized spacial score (nSPS) is 24.9. The van der Waals surface area contributed by atoms with E-state index in [0.29, 0.717) is 12.6 Å². The minimum absolute atomic E-state index is 0.296. The maximum Gasteiger partial charge on any atom is 0.0547 e. The molecule has 2 aliphatic rings. The molecule has 1 aliphatic heterocycles. The summed E-state index contributed by atoms with van der Waals surface area (Å²) in [5, 5.41) is 9.49. The van der Waals surface area contributed by atoms with Gasteiger partial charge in [0.25, 0.3) is 0 Å². The first-order valence-corrected chi connectivity index (χ1v) is 9.28. The van der Waals surface area contributed by atoms with Crippen LogP contribution in [0.3, 0.4) is 0 Å². The summed E-state index contributed by atoms with van der Waals surface area (Å²) in [5.74, 6) is 0. The number of aromatic nitrogens is 1. The van der Waals surface area contributed by atoms with Gasteiger partial charge in [-0.05, 0) is 38.3 Å². The van der Waals surface area contributed by atoms with Gasteiger partial charge in [0.1, 0.15) is 0 Å². The molecular formula is C19H31N3O. The lowest BCUT2D eigenvalue weighted by molar-refractivity contribution is 0.0133. The quantitative estimate of drug-likeness (QED) is 0.906. The van der Waals surface area contributed by atoms with Crippen LogP contribution in [0.25, 0.3) is 0 Å². The van der Waals surface area contributed by atoms with E-state index in [4.69, 9.17) is 0 Å². The maximum absolute atomic E-state index is 9.49. The molecule has 2 fully saturated rings. The molecule has 4 heteroatoms. The van der Waals surface area contributed by atoms with Gasteiger partial charge in [-0.1, -0.05) is 25.3 Å². The molecule has 128 valence electrons. The van der Waals surface area contributed by atoms with E-state index >= 15 is 0 Å². The lowest BCUT2D eigenvalue weighted by Gasteiger charge is -2.46. The molecule has 1 N–H and O–H groups in total. The Kier molecular flexibility index (Phi) is 6.03. The Morgan fingerprint density at radius 3 is 2.74 bits per heavy atom. The van der Waals surface area contributed by atoms with Crippen LogP contribution in [0.2, 0.25) is 0 Å². The van der Waals surface area contributed by atoms with Crippen LogP contribution in [0, 0.1) is 6.92 Å². The molecule has 0 spiro atoms. The minimum atomic E-state index is 0.296. The third-order valence-corrected chi connectivity index (χ3v) is 5.45. The highest BCUT2D eigenvalue weighted by molar-refractivity contribution is 5.10. The molecule has 3 rings (SSSR count). The van der Waals surface area contributed by atoms with Crippen molar-refractivity contribution in [2.75, 3.05) is 26.2 Å². The zero-order valence-electron chi connectivity index (χ0n) is 14.5. The summed E-state index contributed by atoms with van der Waals surface area (Å²) in [6, 6.07) is 7.53. The first-order valence-electron chi connectivity index (χ1n) is 9.28. The van der Waals surface area contributed by atoms with E-state index in [1.54, 1.807) is 0 Å². The van der Waals surface area contributed by atoms with Gasteiger partial charge < -0.3 is 5.11 Å². The van der Waals surface area contributed by atoms with Crippen LogP contribution in [-0.2, 0) is 6.54 Å².